The minimum Gasteiger partial charge on any atom is -0.325 e. The van der Waals surface area contributed by atoms with Gasteiger partial charge in [0.05, 0.1) is 6.04 Å². The van der Waals surface area contributed by atoms with Gasteiger partial charge in [0.2, 0.25) is 5.91 Å². The molecule has 0 radical (unpaired) electrons. The van der Waals surface area contributed by atoms with Gasteiger partial charge in [-0.3, -0.25) is 9.78 Å². The second kappa shape index (κ2) is 5.46. The van der Waals surface area contributed by atoms with Crippen LogP contribution in [0, 0.1) is 5.92 Å². The Morgan fingerprint density at radius 2 is 2.13 bits per heavy atom. The van der Waals surface area contributed by atoms with Crippen LogP contribution in [0.2, 0.25) is 0 Å². The fourth-order valence-electron chi connectivity index (χ4n) is 1.17. The summed E-state index contributed by atoms with van der Waals surface area (Å²) in [5.74, 6) is 0.0439. The Bertz CT molecular complexity index is 313. The first-order chi connectivity index (χ1) is 7.15. The molecule has 82 valence electrons. The van der Waals surface area contributed by atoms with Gasteiger partial charge in [-0.15, -0.1) is 0 Å². The van der Waals surface area contributed by atoms with E-state index in [4.69, 9.17) is 5.73 Å². The van der Waals surface area contributed by atoms with Crippen molar-refractivity contribution in [2.75, 3.05) is 5.32 Å². The highest BCUT2D eigenvalue weighted by Gasteiger charge is 2.19. The average molecular weight is 207 g/mol. The lowest BCUT2D eigenvalue weighted by Gasteiger charge is -2.17. The van der Waals surface area contributed by atoms with E-state index < -0.39 is 6.04 Å². The van der Waals surface area contributed by atoms with Crippen LogP contribution in [0.25, 0.3) is 0 Å². The molecule has 1 rings (SSSR count). The number of aromatic nitrogens is 1. The summed E-state index contributed by atoms with van der Waals surface area (Å²) in [6.07, 6.45) is 4.15. The monoisotopic (exact) mass is 207 g/mol. The van der Waals surface area contributed by atoms with Gasteiger partial charge in [-0.25, -0.2) is 0 Å². The predicted molar refractivity (Wildman–Crippen MR) is 60.3 cm³/mol. The van der Waals surface area contributed by atoms with Gasteiger partial charge in [0.15, 0.2) is 0 Å². The highest BCUT2D eigenvalue weighted by atomic mass is 16.2. The first kappa shape index (κ1) is 11.7. The van der Waals surface area contributed by atoms with E-state index in [1.165, 1.54) is 0 Å². The van der Waals surface area contributed by atoms with Crippen molar-refractivity contribution in [3.63, 3.8) is 0 Å². The number of nitrogens with zero attached hydrogens (tertiary/aromatic N) is 1. The van der Waals surface area contributed by atoms with Crippen molar-refractivity contribution < 1.29 is 4.79 Å². The van der Waals surface area contributed by atoms with Gasteiger partial charge < -0.3 is 11.1 Å². The quantitative estimate of drug-likeness (QED) is 0.784. The molecular weight excluding hydrogens is 190 g/mol. The van der Waals surface area contributed by atoms with Crippen molar-refractivity contribution in [2.45, 2.75) is 26.3 Å². The van der Waals surface area contributed by atoms with E-state index in [-0.39, 0.29) is 11.8 Å². The molecular formula is C11H17N3O. The van der Waals surface area contributed by atoms with Crippen LogP contribution in [0.1, 0.15) is 20.3 Å². The molecule has 0 saturated heterocycles. The summed E-state index contributed by atoms with van der Waals surface area (Å²) in [4.78, 5) is 15.5. The summed E-state index contributed by atoms with van der Waals surface area (Å²) in [6, 6.07) is 3.02. The lowest BCUT2D eigenvalue weighted by atomic mass is 9.99. The highest BCUT2D eigenvalue weighted by Crippen LogP contribution is 2.09. The standard InChI is InChI=1S/C11H17N3O/c1-3-8(2)10(12)11(15)14-9-4-6-13-7-5-9/h4-8,10H,3,12H2,1-2H3,(H,13,14,15)/t8?,10-/m0/s1. The fraction of sp³-hybridized carbons (Fsp3) is 0.455. The number of rotatable bonds is 4. The summed E-state index contributed by atoms with van der Waals surface area (Å²) in [6.45, 7) is 3.99. The number of nitrogens with two attached hydrogens (primary N) is 1. The van der Waals surface area contributed by atoms with Gasteiger partial charge >= 0.3 is 0 Å². The number of carbonyl (C=O) groups is 1. The zero-order valence-electron chi connectivity index (χ0n) is 9.10. The molecule has 0 spiro atoms. The van der Waals surface area contributed by atoms with Crippen LogP contribution in [-0.4, -0.2) is 16.9 Å². The maximum atomic E-state index is 11.7. The molecule has 1 unspecified atom stereocenters. The van der Waals surface area contributed by atoms with E-state index in [2.05, 4.69) is 10.3 Å². The summed E-state index contributed by atoms with van der Waals surface area (Å²) < 4.78 is 0. The Hall–Kier alpha value is -1.42. The Morgan fingerprint density at radius 1 is 1.53 bits per heavy atom. The number of anilines is 1. The van der Waals surface area contributed by atoms with Gasteiger partial charge in [0.1, 0.15) is 0 Å². The van der Waals surface area contributed by atoms with Crippen LogP contribution in [0.3, 0.4) is 0 Å². The van der Waals surface area contributed by atoms with Gasteiger partial charge in [0, 0.05) is 18.1 Å². The van der Waals surface area contributed by atoms with Crippen LogP contribution in [0.5, 0.6) is 0 Å². The smallest absolute Gasteiger partial charge is 0.241 e. The number of hydrogen-bond donors (Lipinski definition) is 2. The first-order valence-corrected chi connectivity index (χ1v) is 5.11. The third-order valence-corrected chi connectivity index (χ3v) is 2.51. The van der Waals surface area contributed by atoms with E-state index in [1.807, 2.05) is 13.8 Å². The van der Waals surface area contributed by atoms with Crippen LogP contribution < -0.4 is 11.1 Å². The van der Waals surface area contributed by atoms with Crippen molar-refractivity contribution >= 4 is 11.6 Å². The van der Waals surface area contributed by atoms with Crippen LogP contribution in [0.4, 0.5) is 5.69 Å². The Kier molecular flexibility index (Phi) is 4.24. The summed E-state index contributed by atoms with van der Waals surface area (Å²) in [5.41, 5.74) is 6.52. The number of hydrogen-bond acceptors (Lipinski definition) is 3. The Morgan fingerprint density at radius 3 is 2.67 bits per heavy atom. The maximum Gasteiger partial charge on any atom is 0.241 e. The van der Waals surface area contributed by atoms with Crippen LogP contribution in [0.15, 0.2) is 24.5 Å². The third kappa shape index (κ3) is 3.32. The zero-order chi connectivity index (χ0) is 11.3. The molecule has 4 heteroatoms. The van der Waals surface area contributed by atoms with E-state index in [1.54, 1.807) is 24.5 Å². The van der Waals surface area contributed by atoms with Crippen molar-refractivity contribution in [2.24, 2.45) is 11.7 Å². The van der Waals surface area contributed by atoms with E-state index in [0.29, 0.717) is 0 Å². The molecule has 15 heavy (non-hydrogen) atoms. The predicted octanol–water partition coefficient (Wildman–Crippen LogP) is 1.39. The topological polar surface area (TPSA) is 68.0 Å². The molecule has 0 aliphatic heterocycles. The number of carbonyl (C=O) groups excluding carboxylic acids is 1. The summed E-state index contributed by atoms with van der Waals surface area (Å²) in [5, 5.41) is 2.75. The maximum absolute atomic E-state index is 11.7. The second-order valence-electron chi connectivity index (χ2n) is 3.64. The largest absolute Gasteiger partial charge is 0.325 e. The van der Waals surface area contributed by atoms with Gasteiger partial charge in [-0.2, -0.15) is 0 Å². The molecule has 2 atom stereocenters. The molecule has 3 N–H and O–H groups in total. The van der Waals surface area contributed by atoms with Crippen molar-refractivity contribution in [1.82, 2.24) is 4.98 Å². The lowest BCUT2D eigenvalue weighted by Crippen LogP contribution is -2.40. The second-order valence-corrected chi connectivity index (χ2v) is 3.64. The SMILES string of the molecule is CCC(C)[C@H](N)C(=O)Nc1ccncc1. The summed E-state index contributed by atoms with van der Waals surface area (Å²) in [7, 11) is 0. The van der Waals surface area contributed by atoms with Crippen LogP contribution >= 0.6 is 0 Å². The van der Waals surface area contributed by atoms with Gasteiger partial charge in [-0.1, -0.05) is 20.3 Å². The number of amides is 1. The summed E-state index contributed by atoms with van der Waals surface area (Å²) >= 11 is 0. The minimum absolute atomic E-state index is 0.143. The van der Waals surface area contributed by atoms with Crippen LogP contribution in [-0.2, 0) is 4.79 Å². The van der Waals surface area contributed by atoms with Gasteiger partial charge in [-0.05, 0) is 18.1 Å². The third-order valence-electron chi connectivity index (χ3n) is 2.51. The lowest BCUT2D eigenvalue weighted by molar-refractivity contribution is -0.118. The molecule has 1 aromatic rings. The molecule has 0 fully saturated rings. The molecule has 0 aliphatic carbocycles. The number of nitrogens with one attached hydrogen (secondary N) is 1. The molecule has 1 heterocycles. The Balaban J connectivity index is 2.56. The molecule has 0 saturated carbocycles. The Labute approximate surface area is 89.9 Å². The molecule has 4 nitrogen and oxygen atoms in total. The van der Waals surface area contributed by atoms with Gasteiger partial charge in [0.25, 0.3) is 0 Å². The molecule has 1 amide bonds. The molecule has 0 aromatic carbocycles. The van der Waals surface area contributed by atoms with E-state index >= 15 is 0 Å². The van der Waals surface area contributed by atoms with Crippen molar-refractivity contribution in [3.8, 4) is 0 Å². The van der Waals surface area contributed by atoms with Crippen molar-refractivity contribution in [3.05, 3.63) is 24.5 Å². The van der Waals surface area contributed by atoms with E-state index in [0.717, 1.165) is 12.1 Å². The highest BCUT2D eigenvalue weighted by molar-refractivity contribution is 5.94. The first-order valence-electron chi connectivity index (χ1n) is 5.11. The molecule has 0 aliphatic rings. The normalized spacial score (nSPS) is 14.3. The number of pyridine rings is 1. The molecule has 0 bridgehead atoms. The molecule has 1 aromatic heterocycles. The van der Waals surface area contributed by atoms with E-state index in [9.17, 15) is 4.79 Å². The fourth-order valence-corrected chi connectivity index (χ4v) is 1.17. The average Bonchev–Trinajstić information content (AvgIpc) is 2.28. The zero-order valence-corrected chi connectivity index (χ0v) is 9.10. The minimum atomic E-state index is -0.455. The van der Waals surface area contributed by atoms with Crippen molar-refractivity contribution in [1.29, 1.82) is 0 Å².